The molecule has 78 valence electrons. The van der Waals surface area contributed by atoms with Crippen molar-refractivity contribution < 1.29 is 15.4 Å². The quantitative estimate of drug-likeness (QED) is 0.678. The predicted octanol–water partition coefficient (Wildman–Crippen LogP) is 0.544. The van der Waals surface area contributed by atoms with Crippen molar-refractivity contribution in [1.82, 2.24) is 0 Å². The zero-order valence-electron chi connectivity index (χ0n) is 7.83. The van der Waals surface area contributed by atoms with Gasteiger partial charge in [0.05, 0.1) is 0 Å². The monoisotopic (exact) mass is 189 g/mol. The molecule has 0 aromatic heterocycles. The van der Waals surface area contributed by atoms with E-state index < -0.39 is 12.0 Å². The zero-order chi connectivity index (χ0) is 8.97. The van der Waals surface area contributed by atoms with Crippen molar-refractivity contribution in [3.05, 3.63) is 0 Å². The third kappa shape index (κ3) is 4.24. The highest BCUT2D eigenvalue weighted by Crippen LogP contribution is 2.26. The van der Waals surface area contributed by atoms with Gasteiger partial charge in [0.15, 0.2) is 0 Å². The Labute approximate surface area is 78.4 Å². The lowest BCUT2D eigenvalue weighted by molar-refractivity contribution is -0.139. The number of carbonyl (C=O) groups is 1. The van der Waals surface area contributed by atoms with Crippen LogP contribution in [0.1, 0.15) is 38.5 Å². The first-order valence-corrected chi connectivity index (χ1v) is 4.68. The summed E-state index contributed by atoms with van der Waals surface area (Å²) in [6.45, 7) is 0. The summed E-state index contributed by atoms with van der Waals surface area (Å²) in [6.07, 6.45) is 6.80. The van der Waals surface area contributed by atoms with E-state index in [1.165, 1.54) is 32.1 Å². The van der Waals surface area contributed by atoms with Gasteiger partial charge in [-0.2, -0.15) is 0 Å². The summed E-state index contributed by atoms with van der Waals surface area (Å²) < 4.78 is 0. The van der Waals surface area contributed by atoms with Crippen molar-refractivity contribution in [3.63, 3.8) is 0 Å². The van der Waals surface area contributed by atoms with Crippen LogP contribution in [0, 0.1) is 5.92 Å². The lowest BCUT2D eigenvalue weighted by atomic mass is 9.85. The van der Waals surface area contributed by atoms with Gasteiger partial charge in [-0.3, -0.25) is 4.79 Å². The highest BCUT2D eigenvalue weighted by molar-refractivity contribution is 5.73. The predicted molar refractivity (Wildman–Crippen MR) is 50.4 cm³/mol. The van der Waals surface area contributed by atoms with Gasteiger partial charge in [-0.25, -0.2) is 0 Å². The molecule has 0 aliphatic heterocycles. The second-order valence-corrected chi connectivity index (χ2v) is 3.68. The van der Waals surface area contributed by atoms with Gasteiger partial charge in [-0.15, -0.1) is 0 Å². The lowest BCUT2D eigenvalue weighted by Gasteiger charge is -2.22. The van der Waals surface area contributed by atoms with E-state index >= 15 is 0 Å². The molecule has 0 aromatic rings. The standard InChI is InChI=1S/C9H17NO2.H2O/c10-8(9(11)12)6-7-4-2-1-3-5-7;/h7-8H,1-6,10H2,(H,11,12);1H2/t8-;/m0./s1. The zero-order valence-corrected chi connectivity index (χ0v) is 7.83. The Hall–Kier alpha value is -0.610. The fraction of sp³-hybridized carbons (Fsp3) is 0.889. The van der Waals surface area contributed by atoms with Crippen molar-refractivity contribution in [3.8, 4) is 0 Å². The smallest absolute Gasteiger partial charge is 0.320 e. The Morgan fingerprint density at radius 2 is 1.92 bits per heavy atom. The van der Waals surface area contributed by atoms with Gasteiger partial charge in [0.2, 0.25) is 0 Å². The van der Waals surface area contributed by atoms with Gasteiger partial charge in [0, 0.05) is 0 Å². The number of hydrogen-bond acceptors (Lipinski definition) is 2. The van der Waals surface area contributed by atoms with Crippen LogP contribution in [-0.2, 0) is 4.79 Å². The van der Waals surface area contributed by atoms with Crippen LogP contribution >= 0.6 is 0 Å². The molecule has 0 heterocycles. The molecular formula is C9H19NO3. The minimum absolute atomic E-state index is 0. The highest BCUT2D eigenvalue weighted by Gasteiger charge is 2.20. The van der Waals surface area contributed by atoms with Crippen LogP contribution in [0.25, 0.3) is 0 Å². The number of rotatable bonds is 3. The molecule has 1 atom stereocenters. The van der Waals surface area contributed by atoms with Crippen molar-refractivity contribution in [2.75, 3.05) is 0 Å². The summed E-state index contributed by atoms with van der Waals surface area (Å²) in [7, 11) is 0. The normalized spacial score (nSPS) is 20.4. The second-order valence-electron chi connectivity index (χ2n) is 3.68. The van der Waals surface area contributed by atoms with Crippen LogP contribution in [-0.4, -0.2) is 22.6 Å². The van der Waals surface area contributed by atoms with E-state index in [9.17, 15) is 4.79 Å². The number of carboxylic acids is 1. The summed E-state index contributed by atoms with van der Waals surface area (Å²) in [6, 6.07) is -0.645. The highest BCUT2D eigenvalue weighted by atomic mass is 16.4. The molecule has 1 aliphatic carbocycles. The van der Waals surface area contributed by atoms with Crippen LogP contribution in [0.3, 0.4) is 0 Å². The Kier molecular flexibility index (Phi) is 5.66. The summed E-state index contributed by atoms with van der Waals surface area (Å²) in [5.41, 5.74) is 5.45. The topological polar surface area (TPSA) is 94.8 Å². The molecule has 1 rings (SSSR count). The van der Waals surface area contributed by atoms with Crippen LogP contribution in [0.4, 0.5) is 0 Å². The molecule has 13 heavy (non-hydrogen) atoms. The van der Waals surface area contributed by atoms with Crippen LogP contribution < -0.4 is 5.73 Å². The van der Waals surface area contributed by atoms with Crippen molar-refractivity contribution >= 4 is 5.97 Å². The molecule has 0 bridgehead atoms. The molecule has 0 amide bonds. The van der Waals surface area contributed by atoms with E-state index in [-0.39, 0.29) is 5.48 Å². The van der Waals surface area contributed by atoms with Crippen LogP contribution in [0.2, 0.25) is 0 Å². The first kappa shape index (κ1) is 12.4. The largest absolute Gasteiger partial charge is 0.480 e. The first-order chi connectivity index (χ1) is 5.70. The third-order valence-electron chi connectivity index (χ3n) is 2.63. The van der Waals surface area contributed by atoms with E-state index in [0.29, 0.717) is 12.3 Å². The van der Waals surface area contributed by atoms with Gasteiger partial charge in [0.1, 0.15) is 6.04 Å². The maximum absolute atomic E-state index is 10.4. The van der Waals surface area contributed by atoms with Crippen molar-refractivity contribution in [2.45, 2.75) is 44.6 Å². The molecule has 0 saturated heterocycles. The Bertz CT molecular complexity index is 155. The molecule has 4 nitrogen and oxygen atoms in total. The maximum Gasteiger partial charge on any atom is 0.320 e. The summed E-state index contributed by atoms with van der Waals surface area (Å²) in [5.74, 6) is -0.301. The molecule has 0 aromatic carbocycles. The Morgan fingerprint density at radius 3 is 2.38 bits per heavy atom. The third-order valence-corrected chi connectivity index (χ3v) is 2.63. The Morgan fingerprint density at radius 1 is 1.38 bits per heavy atom. The van der Waals surface area contributed by atoms with Crippen LogP contribution in [0.5, 0.6) is 0 Å². The summed E-state index contributed by atoms with van der Waals surface area (Å²) in [4.78, 5) is 10.4. The average molecular weight is 189 g/mol. The Balaban J connectivity index is 0.00000144. The molecule has 0 radical (unpaired) electrons. The number of carboxylic acid groups (broad SMARTS) is 1. The van der Waals surface area contributed by atoms with Gasteiger partial charge in [-0.05, 0) is 12.3 Å². The molecular weight excluding hydrogens is 170 g/mol. The molecule has 1 aliphatic rings. The molecule has 1 saturated carbocycles. The summed E-state index contributed by atoms with van der Waals surface area (Å²) >= 11 is 0. The lowest BCUT2D eigenvalue weighted by Crippen LogP contribution is -2.32. The molecule has 5 N–H and O–H groups in total. The first-order valence-electron chi connectivity index (χ1n) is 4.68. The molecule has 0 spiro atoms. The van der Waals surface area contributed by atoms with Gasteiger partial charge < -0.3 is 16.3 Å². The SMILES string of the molecule is N[C@@H](CC1CCCCC1)C(=O)O.O. The van der Waals surface area contributed by atoms with Crippen molar-refractivity contribution in [1.29, 1.82) is 0 Å². The minimum atomic E-state index is -0.861. The van der Waals surface area contributed by atoms with E-state index in [0.717, 1.165) is 0 Å². The number of aliphatic carboxylic acids is 1. The molecule has 4 heteroatoms. The summed E-state index contributed by atoms with van der Waals surface area (Å²) in [5, 5.41) is 8.59. The average Bonchev–Trinajstić information content (AvgIpc) is 2.06. The van der Waals surface area contributed by atoms with E-state index in [1.54, 1.807) is 0 Å². The van der Waals surface area contributed by atoms with Crippen LogP contribution in [0.15, 0.2) is 0 Å². The fourth-order valence-electron chi connectivity index (χ4n) is 1.88. The van der Waals surface area contributed by atoms with E-state index in [1.807, 2.05) is 0 Å². The number of hydrogen-bond donors (Lipinski definition) is 2. The van der Waals surface area contributed by atoms with Gasteiger partial charge in [-0.1, -0.05) is 32.1 Å². The van der Waals surface area contributed by atoms with E-state index in [4.69, 9.17) is 10.8 Å². The molecule has 1 fully saturated rings. The van der Waals surface area contributed by atoms with E-state index in [2.05, 4.69) is 0 Å². The maximum atomic E-state index is 10.4. The second kappa shape index (κ2) is 5.94. The fourth-order valence-corrected chi connectivity index (χ4v) is 1.88. The van der Waals surface area contributed by atoms with Crippen molar-refractivity contribution in [2.24, 2.45) is 11.7 Å². The number of nitrogens with two attached hydrogens (primary N) is 1. The van der Waals surface area contributed by atoms with Gasteiger partial charge in [0.25, 0.3) is 0 Å². The minimum Gasteiger partial charge on any atom is -0.480 e. The molecule has 0 unspecified atom stereocenters. The van der Waals surface area contributed by atoms with Gasteiger partial charge >= 0.3 is 5.97 Å².